The molecular formula is C22H17ClN2O4. The highest BCUT2D eigenvalue weighted by molar-refractivity contribution is 6.31. The van der Waals surface area contributed by atoms with E-state index in [1.165, 1.54) is 18.9 Å². The van der Waals surface area contributed by atoms with Crippen LogP contribution in [0.2, 0.25) is 5.02 Å². The van der Waals surface area contributed by atoms with E-state index in [1.807, 2.05) is 36.4 Å². The maximum Gasteiger partial charge on any atom is 0.308 e. The molecule has 3 aromatic rings. The molecule has 4 rings (SSSR count). The lowest BCUT2D eigenvalue weighted by atomic mass is 10.0. The van der Waals surface area contributed by atoms with Crippen molar-refractivity contribution in [2.75, 3.05) is 0 Å². The van der Waals surface area contributed by atoms with E-state index in [9.17, 15) is 9.59 Å². The molecular weight excluding hydrogens is 392 g/mol. The van der Waals surface area contributed by atoms with Gasteiger partial charge in [0.05, 0.1) is 5.56 Å². The average molecular weight is 409 g/mol. The van der Waals surface area contributed by atoms with Crippen molar-refractivity contribution in [1.29, 1.82) is 0 Å². The van der Waals surface area contributed by atoms with Crippen molar-refractivity contribution < 1.29 is 19.1 Å². The van der Waals surface area contributed by atoms with Gasteiger partial charge in [0.2, 0.25) is 18.0 Å². The number of fused-ring (bicyclic) bond motifs is 1. The highest BCUT2D eigenvalue weighted by atomic mass is 35.5. The summed E-state index contributed by atoms with van der Waals surface area (Å²) in [6.07, 6.45) is -0.819. The first-order valence-corrected chi connectivity index (χ1v) is 9.33. The van der Waals surface area contributed by atoms with Gasteiger partial charge in [-0.05, 0) is 22.9 Å². The van der Waals surface area contributed by atoms with Crippen LogP contribution in [0.3, 0.4) is 0 Å². The van der Waals surface area contributed by atoms with E-state index in [1.54, 1.807) is 24.3 Å². The fraction of sp³-hybridized carbons (Fsp3) is 0.136. The van der Waals surface area contributed by atoms with E-state index >= 15 is 0 Å². The molecule has 0 saturated carbocycles. The Kier molecular flexibility index (Phi) is 4.94. The molecule has 1 unspecified atom stereocenters. The Hall–Kier alpha value is -3.38. The Morgan fingerprint density at radius 1 is 1.03 bits per heavy atom. The van der Waals surface area contributed by atoms with Crippen LogP contribution in [0.1, 0.15) is 31.2 Å². The Morgan fingerprint density at radius 2 is 1.76 bits per heavy atom. The van der Waals surface area contributed by atoms with Gasteiger partial charge < -0.3 is 9.47 Å². The van der Waals surface area contributed by atoms with Gasteiger partial charge in [0.15, 0.2) is 0 Å². The fourth-order valence-corrected chi connectivity index (χ4v) is 3.49. The van der Waals surface area contributed by atoms with E-state index in [0.717, 1.165) is 10.8 Å². The molecule has 1 heterocycles. The lowest BCUT2D eigenvalue weighted by molar-refractivity contribution is -0.135. The van der Waals surface area contributed by atoms with Crippen molar-refractivity contribution in [2.45, 2.75) is 20.1 Å². The maximum absolute atomic E-state index is 12.3. The Bertz CT molecular complexity index is 1160. The minimum Gasteiger partial charge on any atom is -0.445 e. The summed E-state index contributed by atoms with van der Waals surface area (Å²) in [5.41, 5.74) is 1.11. The van der Waals surface area contributed by atoms with Gasteiger partial charge in [-0.25, -0.2) is 0 Å². The third-order valence-electron chi connectivity index (χ3n) is 4.50. The molecule has 0 fully saturated rings. The fourth-order valence-electron chi connectivity index (χ4n) is 3.26. The number of hydrogen-bond donors (Lipinski definition) is 0. The average Bonchev–Trinajstić information content (AvgIpc) is 3.12. The van der Waals surface area contributed by atoms with Crippen LogP contribution in [0.4, 0.5) is 0 Å². The number of carbonyl (C=O) groups excluding carboxylic acids is 2. The number of nitrogens with zero attached hydrogens (tertiary/aromatic N) is 2. The molecule has 0 aromatic heterocycles. The minimum absolute atomic E-state index is 0.179. The van der Waals surface area contributed by atoms with Crippen LogP contribution in [0.15, 0.2) is 65.8 Å². The summed E-state index contributed by atoms with van der Waals surface area (Å²) >= 11 is 6.32. The maximum atomic E-state index is 12.3. The zero-order valence-corrected chi connectivity index (χ0v) is 16.5. The molecule has 3 aromatic carbocycles. The van der Waals surface area contributed by atoms with Gasteiger partial charge in [-0.15, -0.1) is 5.10 Å². The first-order valence-electron chi connectivity index (χ1n) is 8.95. The van der Waals surface area contributed by atoms with Crippen LogP contribution in [0.25, 0.3) is 10.8 Å². The molecule has 146 valence electrons. The Balaban J connectivity index is 1.87. The monoisotopic (exact) mass is 408 g/mol. The molecule has 1 aliphatic rings. The molecule has 1 aliphatic heterocycles. The largest absolute Gasteiger partial charge is 0.445 e. The van der Waals surface area contributed by atoms with Crippen molar-refractivity contribution in [2.24, 2.45) is 5.10 Å². The van der Waals surface area contributed by atoms with Gasteiger partial charge in [-0.2, -0.15) is 5.01 Å². The van der Waals surface area contributed by atoms with E-state index in [4.69, 9.17) is 21.1 Å². The van der Waals surface area contributed by atoms with Crippen molar-refractivity contribution in [3.63, 3.8) is 0 Å². The third-order valence-corrected chi connectivity index (χ3v) is 4.84. The van der Waals surface area contributed by atoms with Crippen LogP contribution >= 0.6 is 11.6 Å². The van der Waals surface area contributed by atoms with Gasteiger partial charge in [-0.1, -0.05) is 60.1 Å². The molecule has 1 amide bonds. The molecule has 0 saturated heterocycles. The number of ether oxygens (including phenoxy) is 2. The zero-order chi connectivity index (χ0) is 20.5. The Labute approximate surface area is 172 Å². The second-order valence-corrected chi connectivity index (χ2v) is 6.92. The number of carbonyl (C=O) groups is 2. The van der Waals surface area contributed by atoms with E-state index in [2.05, 4.69) is 5.10 Å². The lowest BCUT2D eigenvalue weighted by Crippen LogP contribution is -2.25. The number of amides is 1. The highest BCUT2D eigenvalue weighted by Gasteiger charge is 2.36. The number of rotatable bonds is 3. The van der Waals surface area contributed by atoms with E-state index in [0.29, 0.717) is 21.9 Å². The minimum atomic E-state index is -0.819. The summed E-state index contributed by atoms with van der Waals surface area (Å²) < 4.78 is 11.5. The predicted molar refractivity (Wildman–Crippen MR) is 110 cm³/mol. The summed E-state index contributed by atoms with van der Waals surface area (Å²) in [6, 6.07) is 18.2. The SMILES string of the molecule is CC(=O)Oc1ccc2ccccc2c1C1=NN(C(C)=O)C(c2ccccc2Cl)O1. The molecule has 0 N–H and O–H groups in total. The van der Waals surface area contributed by atoms with Gasteiger partial charge in [0.25, 0.3) is 0 Å². The summed E-state index contributed by atoms with van der Waals surface area (Å²) in [6.45, 7) is 2.72. The normalized spacial score (nSPS) is 15.8. The number of benzene rings is 3. The first-order chi connectivity index (χ1) is 14.0. The zero-order valence-electron chi connectivity index (χ0n) is 15.8. The van der Waals surface area contributed by atoms with Crippen LogP contribution in [0, 0.1) is 0 Å². The van der Waals surface area contributed by atoms with Crippen LogP contribution < -0.4 is 4.74 Å². The molecule has 0 radical (unpaired) electrons. The summed E-state index contributed by atoms with van der Waals surface area (Å²) in [5.74, 6) is -0.290. The Morgan fingerprint density at radius 3 is 2.48 bits per heavy atom. The molecule has 1 atom stereocenters. The lowest BCUT2D eigenvalue weighted by Gasteiger charge is -2.20. The molecule has 7 heteroatoms. The number of halogens is 1. The van der Waals surface area contributed by atoms with Crippen LogP contribution in [-0.4, -0.2) is 22.8 Å². The highest BCUT2D eigenvalue weighted by Crippen LogP contribution is 2.38. The van der Waals surface area contributed by atoms with Crippen LogP contribution in [0.5, 0.6) is 5.75 Å². The van der Waals surface area contributed by atoms with Crippen LogP contribution in [-0.2, 0) is 14.3 Å². The van der Waals surface area contributed by atoms with Crippen molar-refractivity contribution in [3.05, 3.63) is 76.8 Å². The third kappa shape index (κ3) is 3.54. The van der Waals surface area contributed by atoms with Crippen molar-refractivity contribution in [3.8, 4) is 5.75 Å². The number of hydrogen-bond acceptors (Lipinski definition) is 5. The van der Waals surface area contributed by atoms with Gasteiger partial charge in [0, 0.05) is 24.4 Å². The predicted octanol–water partition coefficient (Wildman–Crippen LogP) is 4.66. The second-order valence-electron chi connectivity index (χ2n) is 6.51. The topological polar surface area (TPSA) is 68.2 Å². The molecule has 0 spiro atoms. The van der Waals surface area contributed by atoms with Crippen molar-refractivity contribution >= 4 is 40.1 Å². The standard InChI is InChI=1S/C22H17ClN2O4/c1-13(26)25-22(17-9-5-6-10-18(17)23)29-21(24-25)20-16-8-4-3-7-15(16)11-12-19(20)28-14(2)27/h3-12,22H,1-2H3. The summed E-state index contributed by atoms with van der Waals surface area (Å²) in [5, 5.41) is 7.79. The number of esters is 1. The van der Waals surface area contributed by atoms with E-state index < -0.39 is 12.2 Å². The quantitative estimate of drug-likeness (QED) is 0.467. The molecule has 0 aliphatic carbocycles. The van der Waals surface area contributed by atoms with Gasteiger partial charge >= 0.3 is 5.97 Å². The molecule has 6 nitrogen and oxygen atoms in total. The number of hydrazone groups is 1. The first kappa shape index (κ1) is 19.0. The van der Waals surface area contributed by atoms with E-state index in [-0.39, 0.29) is 11.8 Å². The van der Waals surface area contributed by atoms with Gasteiger partial charge in [0.1, 0.15) is 5.75 Å². The molecule has 29 heavy (non-hydrogen) atoms. The smallest absolute Gasteiger partial charge is 0.308 e. The summed E-state index contributed by atoms with van der Waals surface area (Å²) in [4.78, 5) is 23.9. The van der Waals surface area contributed by atoms with Crippen molar-refractivity contribution in [1.82, 2.24) is 5.01 Å². The second kappa shape index (κ2) is 7.56. The molecule has 0 bridgehead atoms. The summed E-state index contributed by atoms with van der Waals surface area (Å²) in [7, 11) is 0. The van der Waals surface area contributed by atoms with Gasteiger partial charge in [-0.3, -0.25) is 9.59 Å².